The Kier molecular flexibility index (Phi) is 4.68. The zero-order chi connectivity index (χ0) is 18.1. The smallest absolute Gasteiger partial charge is 0.338 e. The molecule has 0 radical (unpaired) electrons. The number of esters is 1. The molecule has 0 saturated heterocycles. The summed E-state index contributed by atoms with van der Waals surface area (Å²) in [6.45, 7) is 1.86. The van der Waals surface area contributed by atoms with Crippen LogP contribution in [0.25, 0.3) is 0 Å². The lowest BCUT2D eigenvalue weighted by Crippen LogP contribution is -2.32. The van der Waals surface area contributed by atoms with E-state index in [0.717, 1.165) is 36.9 Å². The van der Waals surface area contributed by atoms with Crippen LogP contribution in [-0.4, -0.2) is 26.8 Å². The van der Waals surface area contributed by atoms with Crippen molar-refractivity contribution < 1.29 is 9.53 Å². The molecule has 1 aromatic carbocycles. The molecular weight excluding hydrogens is 352 g/mol. The van der Waals surface area contributed by atoms with Crippen LogP contribution in [-0.2, 0) is 9.53 Å². The van der Waals surface area contributed by atoms with Crippen molar-refractivity contribution >= 4 is 23.5 Å². The Balaban J connectivity index is 1.72. The monoisotopic (exact) mass is 372 g/mol. The van der Waals surface area contributed by atoms with Crippen molar-refractivity contribution in [2.75, 3.05) is 5.32 Å². The van der Waals surface area contributed by atoms with E-state index in [1.165, 1.54) is 12.7 Å². The standard InChI is InChI=1S/C19H21ClN4O2/c1-12-16(18(25)26-13-7-3-2-4-8-13)17(14-9-5-6-10-15(14)20)24-19(23-12)21-11-22-24/h5-6,9-11,13,17H,2-4,7-8H2,1H3,(H,21,22,23)/t17-/m1/s1. The van der Waals surface area contributed by atoms with Crippen LogP contribution in [0.2, 0.25) is 5.02 Å². The van der Waals surface area contributed by atoms with Gasteiger partial charge in [0, 0.05) is 16.3 Å². The van der Waals surface area contributed by atoms with Gasteiger partial charge >= 0.3 is 5.97 Å². The second kappa shape index (κ2) is 7.11. The lowest BCUT2D eigenvalue weighted by atomic mass is 9.95. The fourth-order valence-corrected chi connectivity index (χ4v) is 3.98. The van der Waals surface area contributed by atoms with Gasteiger partial charge in [-0.05, 0) is 38.7 Å². The molecule has 1 N–H and O–H groups in total. The molecule has 1 aromatic heterocycles. The van der Waals surface area contributed by atoms with Crippen LogP contribution in [0.3, 0.4) is 0 Å². The van der Waals surface area contributed by atoms with E-state index in [9.17, 15) is 4.79 Å². The molecule has 0 spiro atoms. The number of benzene rings is 1. The third-order valence-corrected chi connectivity index (χ3v) is 5.38. The lowest BCUT2D eigenvalue weighted by Gasteiger charge is -2.30. The molecule has 1 aliphatic carbocycles. The zero-order valence-corrected chi connectivity index (χ0v) is 15.4. The molecule has 1 fully saturated rings. The predicted molar refractivity (Wildman–Crippen MR) is 98.9 cm³/mol. The molecule has 0 bridgehead atoms. The number of hydrogen-bond donors (Lipinski definition) is 1. The van der Waals surface area contributed by atoms with Crippen LogP contribution in [0.1, 0.15) is 50.6 Å². The molecule has 6 nitrogen and oxygen atoms in total. The van der Waals surface area contributed by atoms with Crippen molar-refractivity contribution in [1.29, 1.82) is 0 Å². The number of rotatable bonds is 3. The van der Waals surface area contributed by atoms with Gasteiger partial charge in [0.05, 0.1) is 5.57 Å². The van der Waals surface area contributed by atoms with Gasteiger partial charge in [0.1, 0.15) is 18.5 Å². The Labute approximate surface area is 157 Å². The van der Waals surface area contributed by atoms with Crippen molar-refractivity contribution in [3.63, 3.8) is 0 Å². The summed E-state index contributed by atoms with van der Waals surface area (Å²) in [7, 11) is 0. The van der Waals surface area contributed by atoms with Crippen LogP contribution in [0.15, 0.2) is 41.9 Å². The average molecular weight is 373 g/mol. The predicted octanol–water partition coefficient (Wildman–Crippen LogP) is 4.10. The number of aromatic nitrogens is 3. The number of nitrogens with one attached hydrogen (secondary N) is 1. The summed E-state index contributed by atoms with van der Waals surface area (Å²) in [5.74, 6) is 0.273. The van der Waals surface area contributed by atoms with Gasteiger partial charge in [-0.1, -0.05) is 36.2 Å². The van der Waals surface area contributed by atoms with Crippen LogP contribution >= 0.6 is 11.6 Å². The van der Waals surface area contributed by atoms with Crippen molar-refractivity contribution in [2.45, 2.75) is 51.2 Å². The van der Waals surface area contributed by atoms with Gasteiger partial charge in [-0.3, -0.25) is 0 Å². The Hall–Kier alpha value is -2.34. The van der Waals surface area contributed by atoms with Gasteiger partial charge in [0.25, 0.3) is 0 Å². The molecule has 7 heteroatoms. The third kappa shape index (κ3) is 3.09. The Morgan fingerprint density at radius 1 is 1.27 bits per heavy atom. The summed E-state index contributed by atoms with van der Waals surface area (Å²) < 4.78 is 7.53. The van der Waals surface area contributed by atoms with E-state index in [1.54, 1.807) is 4.68 Å². The molecule has 1 saturated carbocycles. The fourth-order valence-electron chi connectivity index (χ4n) is 3.74. The number of nitrogens with zero attached hydrogens (tertiary/aromatic N) is 3. The number of carbonyl (C=O) groups excluding carboxylic acids is 1. The topological polar surface area (TPSA) is 69.0 Å². The van der Waals surface area contributed by atoms with Crippen molar-refractivity contribution in [3.05, 3.63) is 52.4 Å². The maximum absolute atomic E-state index is 13.1. The molecule has 4 rings (SSSR count). The first kappa shape index (κ1) is 17.1. The van der Waals surface area contributed by atoms with E-state index in [4.69, 9.17) is 16.3 Å². The highest BCUT2D eigenvalue weighted by atomic mass is 35.5. The molecule has 136 valence electrons. The normalized spacial score (nSPS) is 20.5. The van der Waals surface area contributed by atoms with Gasteiger partial charge in [-0.15, -0.1) is 0 Å². The first-order valence-electron chi connectivity index (χ1n) is 8.98. The fraction of sp³-hybridized carbons (Fsp3) is 0.421. The number of hydrogen-bond acceptors (Lipinski definition) is 5. The van der Waals surface area contributed by atoms with Crippen molar-refractivity contribution in [3.8, 4) is 0 Å². The molecule has 0 unspecified atom stereocenters. The summed E-state index contributed by atoms with van der Waals surface area (Å²) in [6.07, 6.45) is 6.73. The summed E-state index contributed by atoms with van der Waals surface area (Å²) >= 11 is 6.44. The average Bonchev–Trinajstić information content (AvgIpc) is 3.10. The third-order valence-electron chi connectivity index (χ3n) is 5.04. The van der Waals surface area contributed by atoms with E-state index in [0.29, 0.717) is 16.5 Å². The number of carbonyl (C=O) groups is 1. The summed E-state index contributed by atoms with van der Waals surface area (Å²) in [4.78, 5) is 17.3. The van der Waals surface area contributed by atoms with E-state index >= 15 is 0 Å². The van der Waals surface area contributed by atoms with Crippen molar-refractivity contribution in [1.82, 2.24) is 14.8 Å². The summed E-state index contributed by atoms with van der Waals surface area (Å²) in [6, 6.07) is 7.03. The van der Waals surface area contributed by atoms with Crippen LogP contribution in [0, 0.1) is 0 Å². The first-order chi connectivity index (χ1) is 12.6. The Morgan fingerprint density at radius 3 is 2.81 bits per heavy atom. The second-order valence-corrected chi connectivity index (χ2v) is 7.19. The van der Waals surface area contributed by atoms with Crippen LogP contribution in [0.4, 0.5) is 5.95 Å². The Bertz CT molecular complexity index is 855. The number of anilines is 1. The van der Waals surface area contributed by atoms with Gasteiger partial charge in [0.15, 0.2) is 0 Å². The van der Waals surface area contributed by atoms with E-state index < -0.39 is 6.04 Å². The highest BCUT2D eigenvalue weighted by Gasteiger charge is 2.36. The van der Waals surface area contributed by atoms with Gasteiger partial charge in [0.2, 0.25) is 5.95 Å². The highest BCUT2D eigenvalue weighted by Crippen LogP contribution is 2.38. The minimum Gasteiger partial charge on any atom is -0.459 e. The minimum atomic E-state index is -0.460. The van der Waals surface area contributed by atoms with Gasteiger partial charge < -0.3 is 10.1 Å². The SMILES string of the molecule is CC1=C(C(=O)OC2CCCCC2)[C@@H](c2ccccc2Cl)n2ncnc2N1. The highest BCUT2D eigenvalue weighted by molar-refractivity contribution is 6.31. The van der Waals surface area contributed by atoms with Crippen LogP contribution < -0.4 is 5.32 Å². The van der Waals surface area contributed by atoms with E-state index in [1.807, 2.05) is 31.2 Å². The van der Waals surface area contributed by atoms with Crippen LogP contribution in [0.5, 0.6) is 0 Å². The number of fused-ring (bicyclic) bond motifs is 1. The first-order valence-corrected chi connectivity index (χ1v) is 9.35. The summed E-state index contributed by atoms with van der Waals surface area (Å²) in [5.41, 5.74) is 2.05. The number of allylic oxidation sites excluding steroid dienone is 1. The molecule has 2 aromatic rings. The maximum Gasteiger partial charge on any atom is 0.338 e. The molecule has 2 aliphatic rings. The van der Waals surface area contributed by atoms with Crippen molar-refractivity contribution in [2.24, 2.45) is 0 Å². The maximum atomic E-state index is 13.1. The largest absolute Gasteiger partial charge is 0.459 e. The molecule has 0 amide bonds. The Morgan fingerprint density at radius 2 is 2.04 bits per heavy atom. The molecular formula is C19H21ClN4O2. The van der Waals surface area contributed by atoms with E-state index in [-0.39, 0.29) is 12.1 Å². The van der Waals surface area contributed by atoms with Gasteiger partial charge in [-0.25, -0.2) is 9.48 Å². The molecule has 1 aliphatic heterocycles. The number of ether oxygens (including phenoxy) is 1. The quantitative estimate of drug-likeness (QED) is 0.821. The van der Waals surface area contributed by atoms with Gasteiger partial charge in [-0.2, -0.15) is 10.1 Å². The second-order valence-electron chi connectivity index (χ2n) is 6.78. The summed E-state index contributed by atoms with van der Waals surface area (Å²) in [5, 5.41) is 8.04. The zero-order valence-electron chi connectivity index (χ0n) is 14.6. The molecule has 1 atom stereocenters. The molecule has 26 heavy (non-hydrogen) atoms. The number of halogens is 1. The lowest BCUT2D eigenvalue weighted by molar-refractivity contribution is -0.146. The minimum absolute atomic E-state index is 0.0133. The van der Waals surface area contributed by atoms with E-state index in [2.05, 4.69) is 15.4 Å². The molecule has 2 heterocycles.